The van der Waals surface area contributed by atoms with Gasteiger partial charge in [-0.2, -0.15) is 0 Å². The number of nitrogens with zero attached hydrogens (tertiary/aromatic N) is 4. The number of amidine groups is 1. The highest BCUT2D eigenvalue weighted by molar-refractivity contribution is 5.97. The van der Waals surface area contributed by atoms with Crippen LogP contribution in [0.3, 0.4) is 0 Å². The average molecular weight is 560 g/mol. The van der Waals surface area contributed by atoms with Gasteiger partial charge in [-0.1, -0.05) is 30.3 Å². The fourth-order valence-corrected chi connectivity index (χ4v) is 5.10. The van der Waals surface area contributed by atoms with E-state index in [-0.39, 0.29) is 29.4 Å². The molecule has 6 rings (SSSR count). The minimum absolute atomic E-state index is 0.0580. The Bertz CT molecular complexity index is 1630. The van der Waals surface area contributed by atoms with Gasteiger partial charge in [-0.15, -0.1) is 0 Å². The number of hydrogen-bond acceptors (Lipinski definition) is 7. The standard InChI is InChI=1S/C29H27F2N7O3/c30-29(31)16-20(29)26(39)35-19-6-7-23-21(15-19)36-27(41-23)18-8-9-34-22(14-18)28(40)38-12-10-37(11-13-38)24(25(32)33)17-4-2-1-3-5-17/h1-9,14-15,20,24H,10-13,16H2,(H3,32,33)(H,35,39). The Hall–Kier alpha value is -4.71. The van der Waals surface area contributed by atoms with E-state index in [9.17, 15) is 18.4 Å². The summed E-state index contributed by atoms with van der Waals surface area (Å²) in [5.74, 6) is -4.90. The summed E-state index contributed by atoms with van der Waals surface area (Å²) in [6, 6.07) is 17.3. The molecule has 4 aromatic rings. The van der Waals surface area contributed by atoms with Crippen LogP contribution < -0.4 is 11.1 Å². The molecular formula is C29H27F2N7O3. The fourth-order valence-electron chi connectivity index (χ4n) is 5.10. The van der Waals surface area contributed by atoms with Crippen molar-refractivity contribution < 1.29 is 22.8 Å². The molecule has 2 fully saturated rings. The van der Waals surface area contributed by atoms with Crippen LogP contribution in [0.2, 0.25) is 0 Å². The molecule has 1 saturated heterocycles. The number of rotatable bonds is 7. The van der Waals surface area contributed by atoms with Crippen molar-refractivity contribution in [2.75, 3.05) is 31.5 Å². The van der Waals surface area contributed by atoms with E-state index in [1.165, 1.54) is 6.20 Å². The summed E-state index contributed by atoms with van der Waals surface area (Å²) in [5, 5.41) is 10.6. The van der Waals surface area contributed by atoms with Crippen molar-refractivity contribution in [1.29, 1.82) is 5.41 Å². The molecule has 12 heteroatoms. The monoisotopic (exact) mass is 559 g/mol. The Labute approximate surface area is 233 Å². The minimum Gasteiger partial charge on any atom is -0.436 e. The van der Waals surface area contributed by atoms with Gasteiger partial charge in [0, 0.05) is 50.0 Å². The molecule has 3 heterocycles. The lowest BCUT2D eigenvalue weighted by atomic mass is 10.0. The molecule has 2 unspecified atom stereocenters. The predicted octanol–water partition coefficient (Wildman–Crippen LogP) is 3.92. The summed E-state index contributed by atoms with van der Waals surface area (Å²) < 4.78 is 32.3. The molecular weight excluding hydrogens is 532 g/mol. The Morgan fingerprint density at radius 1 is 1.07 bits per heavy atom. The van der Waals surface area contributed by atoms with Gasteiger partial charge in [-0.25, -0.2) is 13.8 Å². The number of nitrogens with one attached hydrogen (secondary N) is 2. The molecule has 2 atom stereocenters. The first-order valence-corrected chi connectivity index (χ1v) is 13.2. The summed E-state index contributed by atoms with van der Waals surface area (Å²) in [4.78, 5) is 37.9. The van der Waals surface area contributed by atoms with Gasteiger partial charge in [0.25, 0.3) is 11.8 Å². The molecule has 2 amide bonds. The van der Waals surface area contributed by atoms with Crippen molar-refractivity contribution in [2.24, 2.45) is 11.7 Å². The maximum atomic E-state index is 13.3. The van der Waals surface area contributed by atoms with Crippen molar-refractivity contribution >= 4 is 34.4 Å². The average Bonchev–Trinajstić information content (AvgIpc) is 3.41. The first-order chi connectivity index (χ1) is 19.7. The molecule has 41 heavy (non-hydrogen) atoms. The third kappa shape index (κ3) is 5.38. The Balaban J connectivity index is 1.14. The van der Waals surface area contributed by atoms with Gasteiger partial charge in [-0.3, -0.25) is 24.9 Å². The molecule has 0 bridgehead atoms. The van der Waals surface area contributed by atoms with Gasteiger partial charge in [0.15, 0.2) is 5.58 Å². The number of carbonyl (C=O) groups excluding carboxylic acids is 2. The summed E-state index contributed by atoms with van der Waals surface area (Å²) in [6.45, 7) is 2.00. The van der Waals surface area contributed by atoms with Crippen LogP contribution >= 0.6 is 0 Å². The van der Waals surface area contributed by atoms with Crippen LogP contribution in [-0.4, -0.2) is 69.5 Å². The fraction of sp³-hybridized carbons (Fsp3) is 0.276. The molecule has 210 valence electrons. The lowest BCUT2D eigenvalue weighted by Gasteiger charge is -2.38. The maximum absolute atomic E-state index is 13.3. The second-order valence-electron chi connectivity index (χ2n) is 10.2. The third-order valence-electron chi connectivity index (χ3n) is 7.40. The quantitative estimate of drug-likeness (QED) is 0.230. The smallest absolute Gasteiger partial charge is 0.272 e. The van der Waals surface area contributed by atoms with Crippen molar-refractivity contribution in [3.63, 3.8) is 0 Å². The Kier molecular flexibility index (Phi) is 6.70. The highest BCUT2D eigenvalue weighted by Crippen LogP contribution is 2.49. The molecule has 1 saturated carbocycles. The molecule has 0 spiro atoms. The van der Waals surface area contributed by atoms with Crippen LogP contribution in [-0.2, 0) is 4.79 Å². The van der Waals surface area contributed by atoms with Crippen LogP contribution in [0.4, 0.5) is 14.5 Å². The van der Waals surface area contributed by atoms with Crippen LogP contribution in [0, 0.1) is 11.3 Å². The first-order valence-electron chi connectivity index (χ1n) is 13.2. The Morgan fingerprint density at radius 3 is 2.49 bits per heavy atom. The minimum atomic E-state index is -2.95. The number of nitrogens with two attached hydrogens (primary N) is 1. The number of fused-ring (bicyclic) bond motifs is 1. The van der Waals surface area contributed by atoms with E-state index in [0.717, 1.165) is 5.56 Å². The SMILES string of the molecule is N=C(N)C(c1ccccc1)N1CCN(C(=O)c2cc(-c3nc4cc(NC(=O)C5CC5(F)F)ccc4o3)ccn2)CC1. The van der Waals surface area contributed by atoms with Gasteiger partial charge in [0.05, 0.1) is 6.04 Å². The van der Waals surface area contributed by atoms with E-state index >= 15 is 0 Å². The lowest BCUT2D eigenvalue weighted by molar-refractivity contribution is -0.119. The highest BCUT2D eigenvalue weighted by atomic mass is 19.3. The largest absolute Gasteiger partial charge is 0.436 e. The number of pyridine rings is 1. The number of oxazole rings is 1. The van der Waals surface area contributed by atoms with Crippen LogP contribution in [0.25, 0.3) is 22.6 Å². The molecule has 1 aliphatic carbocycles. The number of halogens is 2. The van der Waals surface area contributed by atoms with E-state index < -0.39 is 24.2 Å². The van der Waals surface area contributed by atoms with Crippen LogP contribution in [0.1, 0.15) is 28.5 Å². The van der Waals surface area contributed by atoms with Gasteiger partial charge in [-0.05, 0) is 35.9 Å². The first kappa shape index (κ1) is 26.5. The van der Waals surface area contributed by atoms with E-state index in [1.54, 1.807) is 35.2 Å². The summed E-state index contributed by atoms with van der Waals surface area (Å²) in [7, 11) is 0. The van der Waals surface area contributed by atoms with Gasteiger partial charge in [0.1, 0.15) is 23.0 Å². The van der Waals surface area contributed by atoms with E-state index in [1.807, 2.05) is 30.3 Å². The van der Waals surface area contributed by atoms with E-state index in [0.29, 0.717) is 48.5 Å². The number of piperazine rings is 1. The number of carbonyl (C=O) groups is 2. The Morgan fingerprint density at radius 2 is 1.80 bits per heavy atom. The number of hydrogen-bond donors (Lipinski definition) is 3. The van der Waals surface area contributed by atoms with E-state index in [4.69, 9.17) is 15.6 Å². The van der Waals surface area contributed by atoms with E-state index in [2.05, 4.69) is 20.2 Å². The third-order valence-corrected chi connectivity index (χ3v) is 7.40. The van der Waals surface area contributed by atoms with Crippen molar-refractivity contribution in [2.45, 2.75) is 18.4 Å². The topological polar surface area (TPSA) is 141 Å². The number of anilines is 1. The second-order valence-corrected chi connectivity index (χ2v) is 10.2. The van der Waals surface area contributed by atoms with Crippen molar-refractivity contribution in [3.8, 4) is 11.5 Å². The van der Waals surface area contributed by atoms with Crippen LogP contribution in [0.15, 0.2) is 71.3 Å². The summed E-state index contributed by atoms with van der Waals surface area (Å²) in [5.41, 5.74) is 8.86. The number of amides is 2. The zero-order valence-corrected chi connectivity index (χ0v) is 21.9. The van der Waals surface area contributed by atoms with Gasteiger partial charge in [0.2, 0.25) is 11.8 Å². The predicted molar refractivity (Wildman–Crippen MR) is 147 cm³/mol. The molecule has 1 aliphatic heterocycles. The lowest BCUT2D eigenvalue weighted by Crippen LogP contribution is -2.51. The van der Waals surface area contributed by atoms with Gasteiger partial charge >= 0.3 is 0 Å². The number of benzene rings is 2. The molecule has 2 aromatic carbocycles. The zero-order valence-electron chi connectivity index (χ0n) is 21.9. The number of alkyl halides is 2. The highest BCUT2D eigenvalue weighted by Gasteiger charge is 2.61. The summed E-state index contributed by atoms with van der Waals surface area (Å²) in [6.07, 6.45) is 1.07. The number of aromatic nitrogens is 2. The molecule has 2 aromatic heterocycles. The normalized spacial score (nSPS) is 19.1. The second kappa shape index (κ2) is 10.4. The van der Waals surface area contributed by atoms with Gasteiger partial charge < -0.3 is 20.4 Å². The molecule has 4 N–H and O–H groups in total. The maximum Gasteiger partial charge on any atom is 0.272 e. The molecule has 10 nitrogen and oxygen atoms in total. The zero-order chi connectivity index (χ0) is 28.7. The van der Waals surface area contributed by atoms with Crippen molar-refractivity contribution in [3.05, 3.63) is 78.1 Å². The molecule has 2 aliphatic rings. The van der Waals surface area contributed by atoms with Crippen LogP contribution in [0.5, 0.6) is 0 Å². The van der Waals surface area contributed by atoms with Crippen molar-refractivity contribution in [1.82, 2.24) is 19.8 Å². The molecule has 0 radical (unpaired) electrons. The summed E-state index contributed by atoms with van der Waals surface area (Å²) >= 11 is 0.